The highest BCUT2D eigenvalue weighted by Gasteiger charge is 2.34. The lowest BCUT2D eigenvalue weighted by atomic mass is 9.72. The van der Waals surface area contributed by atoms with Gasteiger partial charge in [-0.2, -0.15) is 0 Å². The van der Waals surface area contributed by atoms with Crippen LogP contribution in [0.2, 0.25) is 0 Å². The Bertz CT molecular complexity index is 2080. The van der Waals surface area contributed by atoms with Crippen LogP contribution in [0.4, 0.5) is 0 Å². The molecule has 2 N–H and O–H groups in total. The molecular formula is C55H67NO3. The Morgan fingerprint density at radius 1 is 0.424 bits per heavy atom. The molecule has 0 heterocycles. The van der Waals surface area contributed by atoms with Crippen molar-refractivity contribution < 1.29 is 14.9 Å². The molecule has 0 radical (unpaired) electrons. The first-order chi connectivity index (χ1) is 28.1. The van der Waals surface area contributed by atoms with E-state index >= 15 is 0 Å². The van der Waals surface area contributed by atoms with Crippen molar-refractivity contribution in [3.8, 4) is 11.5 Å². The minimum atomic E-state index is -0.478. The Kier molecular flexibility index (Phi) is 14.3. The largest absolute Gasteiger partial charge is 0.507 e. The monoisotopic (exact) mass is 790 g/mol. The number of rotatable bonds is 15. The lowest BCUT2D eigenvalue weighted by Gasteiger charge is -2.34. The Hall–Kier alpha value is -5.16. The highest BCUT2D eigenvalue weighted by atomic mass is 16.5. The molecule has 0 spiro atoms. The van der Waals surface area contributed by atoms with Crippen LogP contribution in [-0.2, 0) is 39.5 Å². The molecule has 6 rings (SSSR count). The fourth-order valence-electron chi connectivity index (χ4n) is 8.28. The third-order valence-corrected chi connectivity index (χ3v) is 12.5. The van der Waals surface area contributed by atoms with E-state index < -0.39 is 10.8 Å². The van der Waals surface area contributed by atoms with Gasteiger partial charge >= 0.3 is 0 Å². The van der Waals surface area contributed by atoms with Crippen molar-refractivity contribution in [1.82, 2.24) is 4.90 Å². The molecule has 0 bridgehead atoms. The molecule has 0 aromatic heterocycles. The number of benzene rings is 6. The Labute approximate surface area is 355 Å². The number of hydrogen-bond acceptors (Lipinski definition) is 4. The topological polar surface area (TPSA) is 52.9 Å². The van der Waals surface area contributed by atoms with Gasteiger partial charge in [0.15, 0.2) is 0 Å². The van der Waals surface area contributed by atoms with Gasteiger partial charge in [0.25, 0.3) is 0 Å². The van der Waals surface area contributed by atoms with E-state index in [-0.39, 0.29) is 10.8 Å². The fourth-order valence-corrected chi connectivity index (χ4v) is 8.28. The van der Waals surface area contributed by atoms with Gasteiger partial charge in [-0.05, 0) is 45.5 Å². The molecule has 0 amide bonds. The summed E-state index contributed by atoms with van der Waals surface area (Å²) in [7, 11) is 1.72. The summed E-state index contributed by atoms with van der Waals surface area (Å²) in [6, 6.07) is 50.8. The summed E-state index contributed by atoms with van der Waals surface area (Å²) < 4.78 is 5.68. The number of nitrogens with zero attached hydrogens (tertiary/aromatic N) is 1. The second kappa shape index (κ2) is 18.8. The predicted molar refractivity (Wildman–Crippen MR) is 248 cm³/mol. The van der Waals surface area contributed by atoms with Crippen LogP contribution in [-0.4, -0.2) is 35.4 Å². The molecule has 310 valence electrons. The molecule has 0 aliphatic heterocycles. The van der Waals surface area contributed by atoms with Gasteiger partial charge in [0.1, 0.15) is 11.5 Å². The van der Waals surface area contributed by atoms with Crippen LogP contribution in [0, 0.1) is 0 Å². The molecule has 0 aliphatic carbocycles. The molecule has 0 unspecified atom stereocenters. The van der Waals surface area contributed by atoms with Gasteiger partial charge < -0.3 is 14.9 Å². The van der Waals surface area contributed by atoms with Crippen LogP contribution in [0.25, 0.3) is 0 Å². The number of phenols is 2. The zero-order valence-corrected chi connectivity index (χ0v) is 37.4. The van der Waals surface area contributed by atoms with E-state index in [1.165, 1.54) is 11.1 Å². The first-order valence-electron chi connectivity index (χ1n) is 21.3. The van der Waals surface area contributed by atoms with E-state index in [2.05, 4.69) is 194 Å². The minimum Gasteiger partial charge on any atom is -0.507 e. The second-order valence-electron chi connectivity index (χ2n) is 17.7. The summed E-state index contributed by atoms with van der Waals surface area (Å²) in [6.45, 7) is 23.8. The maximum Gasteiger partial charge on any atom is 0.124 e. The molecule has 4 nitrogen and oxygen atoms in total. The molecular weight excluding hydrogens is 723 g/mol. The van der Waals surface area contributed by atoms with Crippen LogP contribution in [0.15, 0.2) is 146 Å². The van der Waals surface area contributed by atoms with Crippen molar-refractivity contribution in [1.29, 1.82) is 0 Å². The SMILES string of the molecule is CC.COCCN(Cc1cc(C(C)(C)c2ccccc2)cc(C(C)(C)c2ccccc2)c1O)Cc1cc(C(C)(C)c2ccccc2)cc(C(C)(C)c2ccccc2)c1O. The molecule has 6 aromatic carbocycles. The zero-order valence-electron chi connectivity index (χ0n) is 37.4. The molecule has 0 aliphatic rings. The maximum absolute atomic E-state index is 12.4. The minimum absolute atomic E-state index is 0.299. The van der Waals surface area contributed by atoms with Gasteiger partial charge in [-0.15, -0.1) is 0 Å². The number of phenolic OH excluding ortho intramolecular Hbond substituents is 2. The molecule has 59 heavy (non-hydrogen) atoms. The third-order valence-electron chi connectivity index (χ3n) is 12.5. The summed E-state index contributed by atoms with van der Waals surface area (Å²) in [5.41, 5.74) is 8.78. The highest BCUT2D eigenvalue weighted by molar-refractivity contribution is 5.56. The van der Waals surface area contributed by atoms with Gasteiger partial charge in [0.2, 0.25) is 0 Å². The molecule has 0 fully saturated rings. The normalized spacial score (nSPS) is 12.3. The van der Waals surface area contributed by atoms with Crippen molar-refractivity contribution in [2.45, 2.75) is 104 Å². The summed E-state index contributed by atoms with van der Waals surface area (Å²) in [4.78, 5) is 2.30. The summed E-state index contributed by atoms with van der Waals surface area (Å²) in [5.74, 6) is 0.598. The van der Waals surface area contributed by atoms with E-state index in [1.54, 1.807) is 7.11 Å². The first kappa shape index (κ1) is 44.9. The maximum atomic E-state index is 12.4. The van der Waals surface area contributed by atoms with Gasteiger partial charge in [0.05, 0.1) is 6.61 Å². The third kappa shape index (κ3) is 9.67. The van der Waals surface area contributed by atoms with Crippen LogP contribution in [0.1, 0.15) is 125 Å². The summed E-state index contributed by atoms with van der Waals surface area (Å²) in [6.07, 6.45) is 0. The number of methoxy groups -OCH3 is 1. The van der Waals surface area contributed by atoms with Crippen molar-refractivity contribution in [2.24, 2.45) is 0 Å². The smallest absolute Gasteiger partial charge is 0.124 e. The average Bonchev–Trinajstić information content (AvgIpc) is 3.25. The van der Waals surface area contributed by atoms with Gasteiger partial charge in [-0.3, -0.25) is 4.90 Å². The van der Waals surface area contributed by atoms with Crippen molar-refractivity contribution in [3.63, 3.8) is 0 Å². The molecule has 4 heteroatoms. The number of ether oxygens (including phenoxy) is 1. The van der Waals surface area contributed by atoms with Crippen molar-refractivity contribution in [2.75, 3.05) is 20.3 Å². The van der Waals surface area contributed by atoms with Crippen molar-refractivity contribution >= 4 is 0 Å². The van der Waals surface area contributed by atoms with Crippen LogP contribution in [0.3, 0.4) is 0 Å². The Morgan fingerprint density at radius 2 is 0.712 bits per heavy atom. The number of hydrogen-bond donors (Lipinski definition) is 2. The van der Waals surface area contributed by atoms with Crippen molar-refractivity contribution in [3.05, 3.63) is 201 Å². The first-order valence-corrected chi connectivity index (χ1v) is 21.3. The average molecular weight is 790 g/mol. The molecule has 0 atom stereocenters. The van der Waals surface area contributed by atoms with Crippen LogP contribution in [0.5, 0.6) is 11.5 Å². The van der Waals surface area contributed by atoms with E-state index in [0.717, 1.165) is 44.5 Å². The van der Waals surface area contributed by atoms with Gasteiger partial charge in [0, 0.05) is 70.7 Å². The molecule has 0 saturated carbocycles. The summed E-state index contributed by atoms with van der Waals surface area (Å²) >= 11 is 0. The van der Waals surface area contributed by atoms with E-state index in [9.17, 15) is 10.2 Å². The standard InChI is InChI=1S/C53H61NO3.C2H6/c1-50(2,40-22-14-10-15-23-40)44-32-38(48(55)46(34-44)52(5,6)42-26-18-12-19-27-42)36-54(30-31-57-9)37-39-33-45(51(3,4)41-24-16-11-17-25-41)35-47(49(39)56)53(7,8)43-28-20-13-21-29-43;1-2/h10-29,32-35,55-56H,30-31,36-37H2,1-9H3;1-2H3. The number of aromatic hydroxyl groups is 2. The van der Waals surface area contributed by atoms with Gasteiger partial charge in [-0.1, -0.05) is 203 Å². The van der Waals surface area contributed by atoms with E-state index in [0.29, 0.717) is 37.7 Å². The second-order valence-corrected chi connectivity index (χ2v) is 17.7. The van der Waals surface area contributed by atoms with Crippen LogP contribution < -0.4 is 0 Å². The molecule has 6 aromatic rings. The predicted octanol–water partition coefficient (Wildman–Crippen LogP) is 13.1. The lowest BCUT2D eigenvalue weighted by molar-refractivity contribution is 0.138. The Morgan fingerprint density at radius 3 is 1.00 bits per heavy atom. The van der Waals surface area contributed by atoms with E-state index in [1.807, 2.05) is 26.0 Å². The quantitative estimate of drug-likeness (QED) is 0.109. The van der Waals surface area contributed by atoms with Crippen LogP contribution >= 0.6 is 0 Å². The Balaban J connectivity index is 0.00000326. The lowest BCUT2D eigenvalue weighted by Crippen LogP contribution is -2.29. The molecule has 0 saturated heterocycles. The highest BCUT2D eigenvalue weighted by Crippen LogP contribution is 2.45. The fraction of sp³-hybridized carbons (Fsp3) is 0.345. The summed E-state index contributed by atoms with van der Waals surface area (Å²) in [5, 5.41) is 24.8. The van der Waals surface area contributed by atoms with Gasteiger partial charge in [-0.25, -0.2) is 0 Å². The zero-order chi connectivity index (χ0) is 43.0. The van der Waals surface area contributed by atoms with E-state index in [4.69, 9.17) is 4.74 Å².